The van der Waals surface area contributed by atoms with Crippen molar-refractivity contribution in [2.75, 3.05) is 0 Å². The molecule has 8 atom stereocenters. The predicted molar refractivity (Wildman–Crippen MR) is 205 cm³/mol. The number of benzene rings is 2. The minimum Gasteiger partial charge on any atom is -0.103 e. The molecule has 0 nitrogen and oxygen atoms in total. The first-order valence-corrected chi connectivity index (χ1v) is 21.2. The van der Waals surface area contributed by atoms with E-state index in [2.05, 4.69) is 160 Å². The summed E-state index contributed by atoms with van der Waals surface area (Å²) in [5.74, 6) is 4.06. The highest BCUT2D eigenvalue weighted by Crippen LogP contribution is 2.66. The molecule has 0 heterocycles. The van der Waals surface area contributed by atoms with Crippen LogP contribution in [0.5, 0.6) is 0 Å². The molecule has 2 aromatic carbocycles. The van der Waals surface area contributed by atoms with Gasteiger partial charge in [0.2, 0.25) is 0 Å². The Hall–Kier alpha value is -2.64. The standard InChI is InChI=1S/C45H60Si/c1-11-12-27-46(10,42-30(2)28-40-36(15-13-17-38(40)42)32-19-23-34(24-20-32)44(4,5)6)43-31(3)29-41-37(16-14-18-39(41)43)33-21-25-35(26-22-33)45(7,8)9/h11,13-26,30-31,38-43H,1,12,27-29H2,2-10H3. The molecule has 4 aliphatic rings. The largest absolute Gasteiger partial charge is 0.103 e. The second kappa shape index (κ2) is 12.4. The maximum absolute atomic E-state index is 4.25. The van der Waals surface area contributed by atoms with Crippen LogP contribution >= 0.6 is 0 Å². The van der Waals surface area contributed by atoms with Gasteiger partial charge in [0.15, 0.2) is 0 Å². The molecular weight excluding hydrogens is 569 g/mol. The van der Waals surface area contributed by atoms with Crippen LogP contribution in [0.1, 0.15) is 96.9 Å². The Morgan fingerprint density at radius 3 is 1.41 bits per heavy atom. The Morgan fingerprint density at radius 1 is 0.674 bits per heavy atom. The molecule has 0 bridgehead atoms. The third-order valence-electron chi connectivity index (χ3n) is 12.8. The Labute approximate surface area is 282 Å². The Bertz CT molecular complexity index is 1420. The van der Waals surface area contributed by atoms with Crippen molar-refractivity contribution >= 4 is 19.2 Å². The summed E-state index contributed by atoms with van der Waals surface area (Å²) in [4.78, 5) is 0. The summed E-state index contributed by atoms with van der Waals surface area (Å²) in [5.41, 5.74) is 10.8. The maximum Gasteiger partial charge on any atom is 0.0587 e. The number of fused-ring (bicyclic) bond motifs is 2. The average Bonchev–Trinajstić information content (AvgIpc) is 3.55. The monoisotopic (exact) mass is 628 g/mol. The highest BCUT2D eigenvalue weighted by Gasteiger charge is 2.59. The quantitative estimate of drug-likeness (QED) is 0.211. The van der Waals surface area contributed by atoms with Crippen LogP contribution in [0.4, 0.5) is 0 Å². The van der Waals surface area contributed by atoms with Gasteiger partial charge in [0, 0.05) is 0 Å². The van der Waals surface area contributed by atoms with E-state index in [9.17, 15) is 0 Å². The van der Waals surface area contributed by atoms with E-state index in [1.165, 1.54) is 41.1 Å². The summed E-state index contributed by atoms with van der Waals surface area (Å²) in [7, 11) is -1.80. The van der Waals surface area contributed by atoms with Gasteiger partial charge >= 0.3 is 0 Å². The third kappa shape index (κ3) is 5.95. The van der Waals surface area contributed by atoms with Gasteiger partial charge in [0.25, 0.3) is 0 Å². The SMILES string of the molecule is C=CCC[Si](C)(C1C(C)CC2C(c3ccc(C(C)(C)C)cc3)=CC=CC21)C1C(C)CC2C(c3ccc(C(C)(C)C)cc3)=CC=CC21. The summed E-state index contributed by atoms with van der Waals surface area (Å²) >= 11 is 0. The molecule has 1 heteroatoms. The van der Waals surface area contributed by atoms with Gasteiger partial charge in [-0.25, -0.2) is 0 Å². The number of hydrogen-bond acceptors (Lipinski definition) is 0. The second-order valence-electron chi connectivity index (χ2n) is 17.8. The number of rotatable bonds is 7. The highest BCUT2D eigenvalue weighted by atomic mass is 28.3. The first-order chi connectivity index (χ1) is 21.7. The summed E-state index contributed by atoms with van der Waals surface area (Å²) in [6.07, 6.45) is 21.0. The lowest BCUT2D eigenvalue weighted by molar-refractivity contribution is 0.489. The molecule has 6 rings (SSSR count). The van der Waals surface area contributed by atoms with Crippen molar-refractivity contribution in [2.45, 2.75) is 109 Å². The van der Waals surface area contributed by atoms with E-state index in [1.54, 1.807) is 11.1 Å². The Kier molecular flexibility index (Phi) is 8.99. The van der Waals surface area contributed by atoms with Crippen LogP contribution in [0.15, 0.2) is 97.6 Å². The van der Waals surface area contributed by atoms with E-state index in [-0.39, 0.29) is 10.8 Å². The molecule has 0 N–H and O–H groups in total. The molecule has 8 unspecified atom stereocenters. The van der Waals surface area contributed by atoms with Gasteiger partial charge < -0.3 is 0 Å². The zero-order valence-corrected chi connectivity index (χ0v) is 31.3. The smallest absolute Gasteiger partial charge is 0.0587 e. The molecule has 0 amide bonds. The van der Waals surface area contributed by atoms with Crippen molar-refractivity contribution in [3.8, 4) is 0 Å². The fourth-order valence-corrected chi connectivity index (χ4v) is 18.0. The lowest BCUT2D eigenvalue weighted by atomic mass is 9.80. The zero-order chi connectivity index (χ0) is 33.0. The van der Waals surface area contributed by atoms with E-state index >= 15 is 0 Å². The summed E-state index contributed by atoms with van der Waals surface area (Å²) in [5, 5.41) is 0. The molecule has 0 aromatic heterocycles. The summed E-state index contributed by atoms with van der Waals surface area (Å²) < 4.78 is 0. The summed E-state index contributed by atoms with van der Waals surface area (Å²) in [6, 6.07) is 20.5. The van der Waals surface area contributed by atoms with Crippen LogP contribution in [-0.4, -0.2) is 8.07 Å². The van der Waals surface area contributed by atoms with Crippen molar-refractivity contribution in [1.29, 1.82) is 0 Å². The van der Waals surface area contributed by atoms with E-state index in [0.717, 1.165) is 29.3 Å². The molecular formula is C45H60Si. The minimum absolute atomic E-state index is 0.182. The van der Waals surface area contributed by atoms with Crippen LogP contribution in [-0.2, 0) is 10.8 Å². The molecule has 0 aliphatic heterocycles. The van der Waals surface area contributed by atoms with E-state index in [4.69, 9.17) is 0 Å². The van der Waals surface area contributed by atoms with Crippen molar-refractivity contribution < 1.29 is 0 Å². The second-order valence-corrected chi connectivity index (χ2v) is 22.7. The average molecular weight is 629 g/mol. The van der Waals surface area contributed by atoms with Gasteiger partial charge in [-0.15, -0.1) is 6.58 Å². The summed E-state index contributed by atoms with van der Waals surface area (Å²) in [6.45, 7) is 26.2. The zero-order valence-electron chi connectivity index (χ0n) is 30.3. The van der Waals surface area contributed by atoms with Crippen LogP contribution in [0.25, 0.3) is 11.1 Å². The molecule has 0 radical (unpaired) electrons. The minimum atomic E-state index is -1.80. The third-order valence-corrected chi connectivity index (χ3v) is 19.2. The van der Waals surface area contributed by atoms with E-state index < -0.39 is 8.07 Å². The van der Waals surface area contributed by atoms with Crippen LogP contribution in [0.2, 0.25) is 23.7 Å². The molecule has 2 saturated carbocycles. The molecule has 46 heavy (non-hydrogen) atoms. The number of hydrogen-bond donors (Lipinski definition) is 0. The molecule has 0 saturated heterocycles. The van der Waals surface area contributed by atoms with Crippen LogP contribution in [0, 0.1) is 35.5 Å². The lowest BCUT2D eigenvalue weighted by Crippen LogP contribution is -2.48. The molecule has 2 fully saturated rings. The first-order valence-electron chi connectivity index (χ1n) is 18.3. The van der Waals surface area contributed by atoms with Gasteiger partial charge in [0.1, 0.15) is 0 Å². The van der Waals surface area contributed by atoms with Crippen molar-refractivity contribution in [3.05, 3.63) is 120 Å². The number of allylic oxidation sites excluding steroid dienone is 9. The molecule has 244 valence electrons. The van der Waals surface area contributed by atoms with E-state index in [0.29, 0.717) is 23.7 Å². The van der Waals surface area contributed by atoms with Crippen LogP contribution < -0.4 is 0 Å². The van der Waals surface area contributed by atoms with Gasteiger partial charge in [-0.1, -0.05) is 159 Å². The Morgan fingerprint density at radius 2 is 1.07 bits per heavy atom. The van der Waals surface area contributed by atoms with Gasteiger partial charge in [-0.05, 0) is 110 Å². The first kappa shape index (κ1) is 33.3. The highest BCUT2D eigenvalue weighted by molar-refractivity contribution is 6.82. The lowest BCUT2D eigenvalue weighted by Gasteiger charge is -2.48. The molecule has 4 aliphatic carbocycles. The fraction of sp³-hybridized carbons (Fsp3) is 0.511. The predicted octanol–water partition coefficient (Wildman–Crippen LogP) is 12.8. The molecule has 2 aromatic rings. The fourth-order valence-electron chi connectivity index (χ4n) is 10.8. The van der Waals surface area contributed by atoms with Gasteiger partial charge in [0.05, 0.1) is 8.07 Å². The Balaban J connectivity index is 1.31. The van der Waals surface area contributed by atoms with Crippen LogP contribution in [0.3, 0.4) is 0 Å². The van der Waals surface area contributed by atoms with Crippen molar-refractivity contribution in [2.24, 2.45) is 35.5 Å². The molecule has 0 spiro atoms. The van der Waals surface area contributed by atoms with Crippen molar-refractivity contribution in [1.82, 2.24) is 0 Å². The van der Waals surface area contributed by atoms with Crippen molar-refractivity contribution in [3.63, 3.8) is 0 Å². The normalized spacial score (nSPS) is 31.9. The van der Waals surface area contributed by atoms with E-state index in [1.807, 2.05) is 0 Å². The van der Waals surface area contributed by atoms with Gasteiger partial charge in [-0.2, -0.15) is 0 Å². The van der Waals surface area contributed by atoms with Gasteiger partial charge in [-0.3, -0.25) is 0 Å². The maximum atomic E-state index is 4.25. The topological polar surface area (TPSA) is 0 Å².